The Morgan fingerprint density at radius 1 is 0.946 bits per heavy atom. The van der Waals surface area contributed by atoms with Gasteiger partial charge in [-0.1, -0.05) is 29.5 Å². The molecule has 0 saturated carbocycles. The minimum Gasteiger partial charge on any atom is -0.507 e. The number of ketones is 1. The number of anilines is 1. The number of hydrogen-bond donors (Lipinski definition) is 1. The molecule has 0 radical (unpaired) electrons. The summed E-state index contributed by atoms with van der Waals surface area (Å²) < 4.78 is 17.0. The van der Waals surface area contributed by atoms with Crippen LogP contribution in [0.2, 0.25) is 0 Å². The van der Waals surface area contributed by atoms with Gasteiger partial charge in [0, 0.05) is 6.07 Å². The highest BCUT2D eigenvalue weighted by molar-refractivity contribution is 7.22. The van der Waals surface area contributed by atoms with Crippen LogP contribution < -0.4 is 19.1 Å². The van der Waals surface area contributed by atoms with Gasteiger partial charge in [0.2, 0.25) is 0 Å². The lowest BCUT2D eigenvalue weighted by molar-refractivity contribution is -0.132. The van der Waals surface area contributed by atoms with E-state index < -0.39 is 17.7 Å². The molecule has 1 fully saturated rings. The molecule has 1 aliphatic heterocycles. The van der Waals surface area contributed by atoms with Gasteiger partial charge >= 0.3 is 5.91 Å². The molecule has 8 nitrogen and oxygen atoms in total. The van der Waals surface area contributed by atoms with Crippen molar-refractivity contribution in [3.8, 4) is 17.2 Å². The smallest absolute Gasteiger partial charge is 0.301 e. The quantitative estimate of drug-likeness (QED) is 0.212. The van der Waals surface area contributed by atoms with E-state index in [1.165, 1.54) is 37.6 Å². The predicted molar refractivity (Wildman–Crippen MR) is 142 cm³/mol. The largest absolute Gasteiger partial charge is 0.507 e. The number of aliphatic hydroxyl groups excluding tert-OH is 1. The van der Waals surface area contributed by atoms with Gasteiger partial charge in [-0.2, -0.15) is 0 Å². The Kier molecular flexibility index (Phi) is 6.31. The highest BCUT2D eigenvalue weighted by atomic mass is 32.1. The average molecular weight is 517 g/mol. The first-order valence-corrected chi connectivity index (χ1v) is 12.2. The highest BCUT2D eigenvalue weighted by Gasteiger charge is 2.48. The number of amides is 1. The van der Waals surface area contributed by atoms with E-state index in [1.807, 2.05) is 25.1 Å². The summed E-state index contributed by atoms with van der Waals surface area (Å²) in [6.07, 6.45) is 0. The second kappa shape index (κ2) is 9.59. The van der Waals surface area contributed by atoms with E-state index in [9.17, 15) is 14.7 Å². The second-order valence-corrected chi connectivity index (χ2v) is 9.49. The van der Waals surface area contributed by atoms with Gasteiger partial charge in [0.05, 0.1) is 48.7 Å². The van der Waals surface area contributed by atoms with Crippen molar-refractivity contribution in [2.45, 2.75) is 13.0 Å². The van der Waals surface area contributed by atoms with Crippen molar-refractivity contribution >= 4 is 44.1 Å². The number of ether oxygens (including phenoxy) is 3. The third-order valence-corrected chi connectivity index (χ3v) is 7.27. The molecule has 1 N–H and O–H groups in total. The molecule has 0 bridgehead atoms. The zero-order valence-corrected chi connectivity index (χ0v) is 21.5. The maximum Gasteiger partial charge on any atom is 0.301 e. The fraction of sp³-hybridized carbons (Fsp3) is 0.179. The second-order valence-electron chi connectivity index (χ2n) is 8.48. The van der Waals surface area contributed by atoms with Crippen LogP contribution in [0.15, 0.2) is 66.2 Å². The number of hydrogen-bond acceptors (Lipinski definition) is 8. The Hall–Kier alpha value is -4.37. The summed E-state index contributed by atoms with van der Waals surface area (Å²) in [5.41, 5.74) is 2.55. The van der Waals surface area contributed by atoms with Gasteiger partial charge in [0.15, 0.2) is 5.13 Å². The van der Waals surface area contributed by atoms with Gasteiger partial charge in [-0.15, -0.1) is 0 Å². The zero-order chi connectivity index (χ0) is 26.3. The molecule has 1 saturated heterocycles. The van der Waals surface area contributed by atoms with Crippen LogP contribution in [0.1, 0.15) is 22.7 Å². The molecular weight excluding hydrogens is 492 g/mol. The average Bonchev–Trinajstić information content (AvgIpc) is 3.45. The summed E-state index contributed by atoms with van der Waals surface area (Å²) in [6, 6.07) is 16.7. The maximum absolute atomic E-state index is 13.5. The summed E-state index contributed by atoms with van der Waals surface area (Å²) in [6.45, 7) is 1.98. The Bertz CT molecular complexity index is 1570. The standard InChI is InChI=1S/C28H24N2O6S/c1-15-8-11-20-22(12-15)37-28(29-20)30-24(16-6-5-7-17(13-16)34-2)23(26(32)27(30)33)25(31)19-10-9-18(35-3)14-21(19)36-4/h5-14,24,31H,1-4H3/b25-23+. The first kappa shape index (κ1) is 24.3. The van der Waals surface area contributed by atoms with Gasteiger partial charge in [0.25, 0.3) is 5.78 Å². The van der Waals surface area contributed by atoms with Crippen molar-refractivity contribution in [3.63, 3.8) is 0 Å². The number of fused-ring (bicyclic) bond motifs is 1. The van der Waals surface area contributed by atoms with Crippen molar-refractivity contribution in [2.24, 2.45) is 0 Å². The number of carbonyl (C=O) groups excluding carboxylic acids is 2. The first-order chi connectivity index (χ1) is 17.9. The summed E-state index contributed by atoms with van der Waals surface area (Å²) >= 11 is 1.31. The molecule has 1 aliphatic rings. The normalized spacial score (nSPS) is 16.9. The number of methoxy groups -OCH3 is 3. The fourth-order valence-corrected chi connectivity index (χ4v) is 5.51. The van der Waals surface area contributed by atoms with Crippen molar-refractivity contribution in [1.29, 1.82) is 0 Å². The minimum absolute atomic E-state index is 0.0721. The summed E-state index contributed by atoms with van der Waals surface area (Å²) in [5.74, 6) is -0.600. The van der Waals surface area contributed by atoms with E-state index >= 15 is 0 Å². The Morgan fingerprint density at radius 3 is 2.43 bits per heavy atom. The van der Waals surface area contributed by atoms with Crippen LogP contribution in [0.25, 0.3) is 16.0 Å². The molecule has 5 rings (SSSR count). The molecule has 1 aromatic heterocycles. The number of aromatic nitrogens is 1. The molecule has 1 unspecified atom stereocenters. The van der Waals surface area contributed by atoms with E-state index in [0.29, 0.717) is 33.5 Å². The molecule has 9 heteroatoms. The number of benzene rings is 3. The van der Waals surface area contributed by atoms with Gasteiger partial charge in [-0.05, 0) is 54.4 Å². The van der Waals surface area contributed by atoms with Crippen molar-refractivity contribution < 1.29 is 28.9 Å². The van der Waals surface area contributed by atoms with E-state index in [1.54, 1.807) is 42.5 Å². The van der Waals surface area contributed by atoms with E-state index in [0.717, 1.165) is 10.3 Å². The number of rotatable bonds is 6. The van der Waals surface area contributed by atoms with Crippen LogP contribution in [-0.2, 0) is 9.59 Å². The van der Waals surface area contributed by atoms with Crippen LogP contribution in [0.4, 0.5) is 5.13 Å². The Morgan fingerprint density at radius 2 is 1.70 bits per heavy atom. The zero-order valence-electron chi connectivity index (χ0n) is 20.6. The van der Waals surface area contributed by atoms with Crippen LogP contribution in [-0.4, -0.2) is 43.1 Å². The molecule has 4 aromatic rings. The molecule has 188 valence electrons. The molecule has 1 atom stereocenters. The van der Waals surface area contributed by atoms with Crippen LogP contribution in [0.3, 0.4) is 0 Å². The number of thiazole rings is 1. The molecular formula is C28H24N2O6S. The molecule has 2 heterocycles. The summed E-state index contributed by atoms with van der Waals surface area (Å²) in [7, 11) is 4.50. The lowest BCUT2D eigenvalue weighted by atomic mass is 9.95. The van der Waals surface area contributed by atoms with Crippen molar-refractivity contribution in [1.82, 2.24) is 4.98 Å². The fourth-order valence-electron chi connectivity index (χ4n) is 4.42. The number of Topliss-reactive ketones (excluding diaryl/α,β-unsaturated/α-hetero) is 1. The molecule has 0 spiro atoms. The van der Waals surface area contributed by atoms with Gasteiger partial charge in [-0.3, -0.25) is 14.5 Å². The van der Waals surface area contributed by atoms with Crippen LogP contribution in [0.5, 0.6) is 17.2 Å². The lowest BCUT2D eigenvalue weighted by Crippen LogP contribution is -2.29. The monoisotopic (exact) mass is 516 g/mol. The maximum atomic E-state index is 13.5. The molecule has 37 heavy (non-hydrogen) atoms. The Balaban J connectivity index is 1.75. The van der Waals surface area contributed by atoms with Gasteiger partial charge in [-0.25, -0.2) is 4.98 Å². The molecule has 1 amide bonds. The third-order valence-electron chi connectivity index (χ3n) is 6.26. The predicted octanol–water partition coefficient (Wildman–Crippen LogP) is 5.26. The summed E-state index contributed by atoms with van der Waals surface area (Å²) in [5, 5.41) is 11.9. The Labute approximate surface area is 217 Å². The summed E-state index contributed by atoms with van der Waals surface area (Å²) in [4.78, 5) is 33.0. The van der Waals surface area contributed by atoms with Crippen LogP contribution >= 0.6 is 11.3 Å². The van der Waals surface area contributed by atoms with Crippen molar-refractivity contribution in [2.75, 3.05) is 26.2 Å². The SMILES string of the molecule is COc1cccc(C2/C(=C(\O)c3ccc(OC)cc3OC)C(=O)C(=O)N2c2nc3ccc(C)cc3s2)c1. The number of nitrogens with zero attached hydrogens (tertiary/aromatic N) is 2. The molecule has 0 aliphatic carbocycles. The third kappa shape index (κ3) is 4.17. The number of aryl methyl sites for hydroxylation is 1. The van der Waals surface area contributed by atoms with Crippen LogP contribution in [0, 0.1) is 6.92 Å². The topological polar surface area (TPSA) is 98.2 Å². The van der Waals surface area contributed by atoms with Gasteiger partial charge in [0.1, 0.15) is 23.0 Å². The highest BCUT2D eigenvalue weighted by Crippen LogP contribution is 2.46. The lowest BCUT2D eigenvalue weighted by Gasteiger charge is -2.23. The first-order valence-electron chi connectivity index (χ1n) is 11.4. The minimum atomic E-state index is -0.941. The molecule has 3 aromatic carbocycles. The number of aliphatic hydroxyl groups is 1. The van der Waals surface area contributed by atoms with Crippen molar-refractivity contribution in [3.05, 3.63) is 82.9 Å². The number of carbonyl (C=O) groups is 2. The van der Waals surface area contributed by atoms with E-state index in [4.69, 9.17) is 14.2 Å². The van der Waals surface area contributed by atoms with E-state index in [-0.39, 0.29) is 16.9 Å². The van der Waals surface area contributed by atoms with Gasteiger partial charge < -0.3 is 19.3 Å². The van der Waals surface area contributed by atoms with E-state index in [2.05, 4.69) is 4.98 Å².